The van der Waals surface area contributed by atoms with Crippen molar-refractivity contribution in [1.29, 1.82) is 0 Å². The first-order chi connectivity index (χ1) is 10.8. The minimum atomic E-state index is -0.964. The first-order valence-electron chi connectivity index (χ1n) is 7.99. The third-order valence-electron chi connectivity index (χ3n) is 4.98. The maximum atomic E-state index is 12.5. The molecular weight excluding hydrogens is 314 g/mol. The van der Waals surface area contributed by atoms with Gasteiger partial charge in [-0.2, -0.15) is 0 Å². The van der Waals surface area contributed by atoms with E-state index < -0.39 is 11.3 Å². The summed E-state index contributed by atoms with van der Waals surface area (Å²) in [5.74, 6) is 0.0107. The van der Waals surface area contributed by atoms with Crippen LogP contribution in [0, 0.1) is 24.2 Å². The number of primary amides is 1. The third-order valence-corrected chi connectivity index (χ3v) is 5.88. The molecule has 0 unspecified atom stereocenters. The summed E-state index contributed by atoms with van der Waals surface area (Å²) < 4.78 is 0. The zero-order chi connectivity index (χ0) is 16.8. The Bertz CT molecular complexity index is 625. The molecule has 1 aromatic rings. The number of nitrogens with two attached hydrogens (primary N) is 1. The molecule has 2 heterocycles. The van der Waals surface area contributed by atoms with Crippen molar-refractivity contribution in [3.63, 3.8) is 0 Å². The van der Waals surface area contributed by atoms with Crippen molar-refractivity contribution in [2.45, 2.75) is 39.7 Å². The summed E-state index contributed by atoms with van der Waals surface area (Å²) in [6, 6.07) is 0.00327. The van der Waals surface area contributed by atoms with Gasteiger partial charge in [0.15, 0.2) is 0 Å². The Balaban J connectivity index is 1.72. The van der Waals surface area contributed by atoms with Gasteiger partial charge in [0, 0.05) is 19.0 Å². The molecule has 8 heteroatoms. The maximum Gasteiger partial charge on any atom is 0.235 e. The molecular formula is C15H23N5O2S. The number of rotatable bonds is 5. The summed E-state index contributed by atoms with van der Waals surface area (Å²) >= 11 is 1.56. The van der Waals surface area contributed by atoms with Gasteiger partial charge < -0.3 is 16.0 Å². The first-order valence-corrected chi connectivity index (χ1v) is 8.81. The fourth-order valence-electron chi connectivity index (χ4n) is 3.24. The van der Waals surface area contributed by atoms with Crippen molar-refractivity contribution in [2.24, 2.45) is 23.0 Å². The summed E-state index contributed by atoms with van der Waals surface area (Å²) in [7, 11) is 0. The predicted molar refractivity (Wildman–Crippen MR) is 88.0 cm³/mol. The number of aromatic nitrogens is 2. The third kappa shape index (κ3) is 2.91. The lowest BCUT2D eigenvalue weighted by Crippen LogP contribution is -2.48. The van der Waals surface area contributed by atoms with Gasteiger partial charge in [-0.1, -0.05) is 25.2 Å². The van der Waals surface area contributed by atoms with Crippen LogP contribution in [0.25, 0.3) is 0 Å². The van der Waals surface area contributed by atoms with Gasteiger partial charge in [0.25, 0.3) is 0 Å². The van der Waals surface area contributed by atoms with E-state index in [1.165, 1.54) is 0 Å². The molecule has 1 aliphatic heterocycles. The van der Waals surface area contributed by atoms with Gasteiger partial charge in [0.2, 0.25) is 16.9 Å². The molecule has 1 aromatic heterocycles. The molecule has 7 nitrogen and oxygen atoms in total. The first kappa shape index (κ1) is 16.2. The summed E-state index contributed by atoms with van der Waals surface area (Å²) in [5.41, 5.74) is 4.43. The maximum absolute atomic E-state index is 12.5. The minimum Gasteiger partial charge on any atom is -0.369 e. The van der Waals surface area contributed by atoms with Crippen molar-refractivity contribution >= 4 is 28.3 Å². The van der Waals surface area contributed by atoms with E-state index in [-0.39, 0.29) is 11.9 Å². The number of amides is 2. The van der Waals surface area contributed by atoms with E-state index in [4.69, 9.17) is 5.73 Å². The lowest BCUT2D eigenvalue weighted by molar-refractivity contribution is -0.135. The van der Waals surface area contributed by atoms with E-state index in [0.717, 1.165) is 16.7 Å². The monoisotopic (exact) mass is 337 g/mol. The Morgan fingerprint density at radius 3 is 2.52 bits per heavy atom. The van der Waals surface area contributed by atoms with Crippen molar-refractivity contribution < 1.29 is 9.59 Å². The molecule has 2 aliphatic rings. The molecule has 2 fully saturated rings. The zero-order valence-corrected chi connectivity index (χ0v) is 14.5. The molecule has 3 N–H and O–H groups in total. The van der Waals surface area contributed by atoms with Crippen LogP contribution in [0.3, 0.4) is 0 Å². The number of hydrogen-bond acceptors (Lipinski definition) is 6. The van der Waals surface area contributed by atoms with E-state index >= 15 is 0 Å². The Morgan fingerprint density at radius 2 is 2.04 bits per heavy atom. The van der Waals surface area contributed by atoms with Crippen LogP contribution in [-0.4, -0.2) is 41.1 Å². The molecule has 0 bridgehead atoms. The van der Waals surface area contributed by atoms with Crippen LogP contribution in [0.5, 0.6) is 0 Å². The lowest BCUT2D eigenvalue weighted by atomic mass is 9.90. The van der Waals surface area contributed by atoms with Crippen molar-refractivity contribution in [3.05, 3.63) is 5.01 Å². The molecule has 0 aromatic carbocycles. The molecule has 3 rings (SSSR count). The number of anilines is 1. The highest BCUT2D eigenvalue weighted by molar-refractivity contribution is 7.15. The Morgan fingerprint density at radius 1 is 1.35 bits per heavy atom. The van der Waals surface area contributed by atoms with Crippen molar-refractivity contribution in [2.75, 3.05) is 18.0 Å². The van der Waals surface area contributed by atoms with Crippen molar-refractivity contribution in [1.82, 2.24) is 15.5 Å². The number of carbonyl (C=O) groups excluding carboxylic acids is 2. The number of carbonyl (C=O) groups is 2. The predicted octanol–water partition coefficient (Wildman–Crippen LogP) is 0.689. The highest BCUT2D eigenvalue weighted by Crippen LogP contribution is 2.46. The van der Waals surface area contributed by atoms with Crippen LogP contribution in [0.1, 0.15) is 31.7 Å². The molecule has 0 radical (unpaired) electrons. The van der Waals surface area contributed by atoms with Gasteiger partial charge in [-0.15, -0.1) is 10.2 Å². The summed E-state index contributed by atoms with van der Waals surface area (Å²) in [6.07, 6.45) is 1.12. The van der Waals surface area contributed by atoms with E-state index in [9.17, 15) is 9.59 Å². The Hall–Kier alpha value is -1.70. The van der Waals surface area contributed by atoms with Gasteiger partial charge in [0.05, 0.1) is 6.04 Å². The van der Waals surface area contributed by atoms with E-state index in [1.807, 2.05) is 6.92 Å². The number of nitrogens with zero attached hydrogens (tertiary/aromatic N) is 3. The van der Waals surface area contributed by atoms with E-state index in [1.54, 1.807) is 11.3 Å². The average molecular weight is 337 g/mol. The largest absolute Gasteiger partial charge is 0.369 e. The molecule has 126 valence electrons. The fourth-order valence-corrected chi connectivity index (χ4v) is 3.95. The van der Waals surface area contributed by atoms with Gasteiger partial charge >= 0.3 is 0 Å². The van der Waals surface area contributed by atoms with Gasteiger partial charge in [-0.05, 0) is 25.7 Å². The van der Waals surface area contributed by atoms with Crippen LogP contribution in [-0.2, 0) is 9.59 Å². The highest BCUT2D eigenvalue weighted by Gasteiger charge is 2.56. The van der Waals surface area contributed by atoms with E-state index in [2.05, 4.69) is 34.3 Å². The smallest absolute Gasteiger partial charge is 0.235 e. The molecule has 1 saturated carbocycles. The fraction of sp³-hybridized carbons (Fsp3) is 0.733. The molecule has 2 atom stereocenters. The molecule has 1 saturated heterocycles. The van der Waals surface area contributed by atoms with E-state index in [0.29, 0.717) is 31.2 Å². The summed E-state index contributed by atoms with van der Waals surface area (Å²) in [6.45, 7) is 7.76. The Kier molecular flexibility index (Phi) is 4.03. The second-order valence-electron chi connectivity index (χ2n) is 6.94. The average Bonchev–Trinajstić information content (AvgIpc) is 3.03. The van der Waals surface area contributed by atoms with Gasteiger partial charge in [0.1, 0.15) is 10.4 Å². The Labute approximate surface area is 139 Å². The SMILES string of the molecule is Cc1nnc(N2C[C@@H](NC(=O)C3(C(N)=O)CC3)[C@H](C(C)C)C2)s1. The van der Waals surface area contributed by atoms with Crippen LogP contribution in [0.2, 0.25) is 0 Å². The van der Waals surface area contributed by atoms with Crippen LogP contribution in [0.15, 0.2) is 0 Å². The molecule has 23 heavy (non-hydrogen) atoms. The van der Waals surface area contributed by atoms with Crippen LogP contribution >= 0.6 is 11.3 Å². The second kappa shape index (κ2) is 5.74. The summed E-state index contributed by atoms with van der Waals surface area (Å²) in [5, 5.41) is 13.2. The van der Waals surface area contributed by atoms with Gasteiger partial charge in [-0.25, -0.2) is 0 Å². The zero-order valence-electron chi connectivity index (χ0n) is 13.7. The lowest BCUT2D eigenvalue weighted by Gasteiger charge is -2.24. The topological polar surface area (TPSA) is 101 Å². The molecule has 2 amide bonds. The molecule has 1 aliphatic carbocycles. The molecule has 0 spiro atoms. The number of aryl methyl sites for hydroxylation is 1. The van der Waals surface area contributed by atoms with Crippen LogP contribution < -0.4 is 16.0 Å². The number of hydrogen-bond donors (Lipinski definition) is 2. The second-order valence-corrected chi connectivity index (χ2v) is 8.10. The van der Waals surface area contributed by atoms with Crippen LogP contribution in [0.4, 0.5) is 5.13 Å². The minimum absolute atomic E-state index is 0.00327. The quantitative estimate of drug-likeness (QED) is 0.770. The van der Waals surface area contributed by atoms with Gasteiger partial charge in [-0.3, -0.25) is 9.59 Å². The standard InChI is InChI=1S/C15H23N5O2S/c1-8(2)10-6-20(14-19-18-9(3)23-14)7-11(10)17-13(22)15(4-5-15)12(16)21/h8,10-11H,4-7H2,1-3H3,(H2,16,21)(H,17,22)/t10-,11+/m0/s1. The normalized spacial score (nSPS) is 25.7. The highest BCUT2D eigenvalue weighted by atomic mass is 32.1. The summed E-state index contributed by atoms with van der Waals surface area (Å²) in [4.78, 5) is 26.2. The number of nitrogens with one attached hydrogen (secondary N) is 1. The van der Waals surface area contributed by atoms with Crippen molar-refractivity contribution in [3.8, 4) is 0 Å².